The highest BCUT2D eigenvalue weighted by atomic mass is 16.5. The normalized spacial score (nSPS) is 10.3. The van der Waals surface area contributed by atoms with E-state index in [1.54, 1.807) is 48.7 Å². The van der Waals surface area contributed by atoms with Crippen LogP contribution < -0.4 is 15.8 Å². The lowest BCUT2D eigenvalue weighted by atomic mass is 10.1. The number of ether oxygens (including phenoxy) is 1. The van der Waals surface area contributed by atoms with Crippen LogP contribution in [0.15, 0.2) is 53.2 Å². The van der Waals surface area contributed by atoms with Crippen LogP contribution in [0.4, 0.5) is 5.88 Å². The van der Waals surface area contributed by atoms with E-state index in [-0.39, 0.29) is 17.1 Å². The van der Waals surface area contributed by atoms with Crippen molar-refractivity contribution in [1.82, 2.24) is 10.1 Å². The molecule has 0 aliphatic carbocycles. The maximum atomic E-state index is 12.4. The van der Waals surface area contributed by atoms with E-state index in [0.717, 1.165) is 0 Å². The molecular formula is C17H14N4O4. The Kier molecular flexibility index (Phi) is 4.42. The van der Waals surface area contributed by atoms with Gasteiger partial charge in [-0.2, -0.15) is 0 Å². The van der Waals surface area contributed by atoms with Gasteiger partial charge in [0, 0.05) is 11.8 Å². The SMILES string of the molecule is COc1cccc(C(=O)Nc2onc(-c3ccccn3)c2C(N)=O)c1. The van der Waals surface area contributed by atoms with Crippen LogP contribution in [-0.4, -0.2) is 29.1 Å². The molecule has 0 radical (unpaired) electrons. The summed E-state index contributed by atoms with van der Waals surface area (Å²) in [5, 5.41) is 6.31. The van der Waals surface area contributed by atoms with E-state index >= 15 is 0 Å². The zero-order valence-corrected chi connectivity index (χ0v) is 13.2. The van der Waals surface area contributed by atoms with Gasteiger partial charge in [-0.3, -0.25) is 19.9 Å². The van der Waals surface area contributed by atoms with Crippen molar-refractivity contribution in [1.29, 1.82) is 0 Å². The van der Waals surface area contributed by atoms with E-state index in [2.05, 4.69) is 15.5 Å². The zero-order chi connectivity index (χ0) is 17.8. The van der Waals surface area contributed by atoms with Gasteiger partial charge in [-0.15, -0.1) is 0 Å². The summed E-state index contributed by atoms with van der Waals surface area (Å²) < 4.78 is 10.2. The quantitative estimate of drug-likeness (QED) is 0.735. The lowest BCUT2D eigenvalue weighted by Crippen LogP contribution is -2.17. The van der Waals surface area contributed by atoms with E-state index in [1.165, 1.54) is 7.11 Å². The van der Waals surface area contributed by atoms with Gasteiger partial charge in [-0.05, 0) is 30.3 Å². The molecule has 2 heterocycles. The van der Waals surface area contributed by atoms with E-state index in [9.17, 15) is 9.59 Å². The van der Waals surface area contributed by atoms with Gasteiger partial charge in [-0.25, -0.2) is 0 Å². The van der Waals surface area contributed by atoms with Crippen LogP contribution in [0.1, 0.15) is 20.7 Å². The molecule has 126 valence electrons. The highest BCUT2D eigenvalue weighted by Gasteiger charge is 2.24. The third-order valence-corrected chi connectivity index (χ3v) is 3.40. The summed E-state index contributed by atoms with van der Waals surface area (Å²) in [4.78, 5) is 28.3. The zero-order valence-electron chi connectivity index (χ0n) is 13.2. The summed E-state index contributed by atoms with van der Waals surface area (Å²) in [5.41, 5.74) is 6.26. The molecule has 0 saturated carbocycles. The van der Waals surface area contributed by atoms with Gasteiger partial charge in [0.05, 0.1) is 12.8 Å². The van der Waals surface area contributed by atoms with E-state index in [1.807, 2.05) is 0 Å². The van der Waals surface area contributed by atoms with Crippen LogP contribution in [0, 0.1) is 0 Å². The van der Waals surface area contributed by atoms with Gasteiger partial charge in [0.15, 0.2) is 0 Å². The van der Waals surface area contributed by atoms with Crippen molar-refractivity contribution >= 4 is 17.7 Å². The minimum atomic E-state index is -0.789. The van der Waals surface area contributed by atoms with Gasteiger partial charge in [0.1, 0.15) is 17.0 Å². The highest BCUT2D eigenvalue weighted by molar-refractivity contribution is 6.09. The Morgan fingerprint density at radius 1 is 1.20 bits per heavy atom. The molecule has 0 aliphatic heterocycles. The molecule has 2 aromatic heterocycles. The molecule has 8 heteroatoms. The first-order valence-electron chi connectivity index (χ1n) is 7.26. The molecule has 2 amide bonds. The largest absolute Gasteiger partial charge is 0.497 e. The molecule has 3 N–H and O–H groups in total. The van der Waals surface area contributed by atoms with Gasteiger partial charge >= 0.3 is 0 Å². The first-order chi connectivity index (χ1) is 12.1. The van der Waals surface area contributed by atoms with Gasteiger partial charge < -0.3 is 15.0 Å². The van der Waals surface area contributed by atoms with Crippen LogP contribution in [-0.2, 0) is 0 Å². The molecule has 0 saturated heterocycles. The number of nitrogens with one attached hydrogen (secondary N) is 1. The Hall–Kier alpha value is -3.68. The average Bonchev–Trinajstić information content (AvgIpc) is 3.06. The number of carbonyl (C=O) groups excluding carboxylic acids is 2. The molecule has 8 nitrogen and oxygen atoms in total. The molecule has 3 aromatic rings. The fraction of sp³-hybridized carbons (Fsp3) is 0.0588. The minimum absolute atomic E-state index is 0.0463. The molecular weight excluding hydrogens is 324 g/mol. The fourth-order valence-corrected chi connectivity index (χ4v) is 2.22. The number of pyridine rings is 1. The molecule has 0 fully saturated rings. The molecule has 0 aliphatic rings. The number of carbonyl (C=O) groups is 2. The minimum Gasteiger partial charge on any atom is -0.497 e. The molecule has 25 heavy (non-hydrogen) atoms. The Labute approximate surface area is 142 Å². The predicted octanol–water partition coefficient (Wildman–Crippen LogP) is 2.10. The molecule has 0 spiro atoms. The van der Waals surface area contributed by atoms with Gasteiger partial charge in [-0.1, -0.05) is 17.3 Å². The second kappa shape index (κ2) is 6.83. The van der Waals surface area contributed by atoms with Crippen molar-refractivity contribution in [2.24, 2.45) is 5.73 Å². The van der Waals surface area contributed by atoms with Crippen LogP contribution in [0.2, 0.25) is 0 Å². The summed E-state index contributed by atoms with van der Waals surface area (Å²) >= 11 is 0. The van der Waals surface area contributed by atoms with Crippen molar-refractivity contribution in [3.63, 3.8) is 0 Å². The Bertz CT molecular complexity index is 921. The summed E-state index contributed by atoms with van der Waals surface area (Å²) in [6.07, 6.45) is 1.54. The van der Waals surface area contributed by atoms with Gasteiger partial charge in [0.25, 0.3) is 11.8 Å². The fourth-order valence-electron chi connectivity index (χ4n) is 2.22. The summed E-state index contributed by atoms with van der Waals surface area (Å²) in [5.74, 6) is -0.900. The van der Waals surface area contributed by atoms with Crippen molar-refractivity contribution in [3.05, 3.63) is 59.8 Å². The number of aromatic nitrogens is 2. The van der Waals surface area contributed by atoms with Crippen molar-refractivity contribution in [3.8, 4) is 17.1 Å². The molecule has 3 rings (SSSR count). The standard InChI is InChI=1S/C17H14N4O4/c1-24-11-6-4-5-10(9-11)16(23)20-17-13(15(18)22)14(21-25-17)12-7-2-3-8-19-12/h2-9H,1H3,(H2,18,22)(H,20,23). The molecule has 0 atom stereocenters. The molecule has 0 bridgehead atoms. The summed E-state index contributed by atoms with van der Waals surface area (Å²) in [7, 11) is 1.50. The number of hydrogen-bond acceptors (Lipinski definition) is 6. The molecule has 1 aromatic carbocycles. The number of methoxy groups -OCH3 is 1. The Morgan fingerprint density at radius 2 is 2.04 bits per heavy atom. The predicted molar refractivity (Wildman–Crippen MR) is 89.2 cm³/mol. The summed E-state index contributed by atoms with van der Waals surface area (Å²) in [6, 6.07) is 11.6. The van der Waals surface area contributed by atoms with Crippen molar-refractivity contribution in [2.75, 3.05) is 12.4 Å². The monoisotopic (exact) mass is 338 g/mol. The number of amides is 2. The van der Waals surface area contributed by atoms with E-state index < -0.39 is 11.8 Å². The topological polar surface area (TPSA) is 120 Å². The number of primary amides is 1. The maximum Gasteiger partial charge on any atom is 0.258 e. The van der Waals surface area contributed by atoms with Crippen molar-refractivity contribution < 1.29 is 18.8 Å². The van der Waals surface area contributed by atoms with Crippen molar-refractivity contribution in [2.45, 2.75) is 0 Å². The van der Waals surface area contributed by atoms with Gasteiger partial charge in [0.2, 0.25) is 5.88 Å². The van der Waals surface area contributed by atoms with Crippen LogP contribution in [0.3, 0.4) is 0 Å². The lowest BCUT2D eigenvalue weighted by molar-refractivity contribution is 0.100. The highest BCUT2D eigenvalue weighted by Crippen LogP contribution is 2.27. The van der Waals surface area contributed by atoms with Crippen LogP contribution in [0.5, 0.6) is 5.75 Å². The lowest BCUT2D eigenvalue weighted by Gasteiger charge is -2.05. The second-order valence-electron chi connectivity index (χ2n) is 5.00. The number of benzene rings is 1. The Balaban J connectivity index is 1.94. The third-order valence-electron chi connectivity index (χ3n) is 3.40. The summed E-state index contributed by atoms with van der Waals surface area (Å²) in [6.45, 7) is 0. The van der Waals surface area contributed by atoms with E-state index in [4.69, 9.17) is 15.0 Å². The number of nitrogens with zero attached hydrogens (tertiary/aromatic N) is 2. The second-order valence-corrected chi connectivity index (χ2v) is 5.00. The number of nitrogens with two attached hydrogens (primary N) is 1. The smallest absolute Gasteiger partial charge is 0.258 e. The number of anilines is 1. The molecule has 0 unspecified atom stereocenters. The Morgan fingerprint density at radius 3 is 2.72 bits per heavy atom. The van der Waals surface area contributed by atoms with E-state index in [0.29, 0.717) is 17.0 Å². The van der Waals surface area contributed by atoms with Crippen LogP contribution >= 0.6 is 0 Å². The number of hydrogen-bond donors (Lipinski definition) is 2. The van der Waals surface area contributed by atoms with Crippen LogP contribution in [0.25, 0.3) is 11.4 Å². The first kappa shape index (κ1) is 16.2. The first-order valence-corrected chi connectivity index (χ1v) is 7.26. The average molecular weight is 338 g/mol. The maximum absolute atomic E-state index is 12.4. The number of rotatable bonds is 5. The third kappa shape index (κ3) is 3.32.